The number of benzene rings is 3. The van der Waals surface area contributed by atoms with Gasteiger partial charge in [-0.2, -0.15) is 0 Å². The van der Waals surface area contributed by atoms with Crippen molar-refractivity contribution in [3.8, 4) is 11.5 Å². The molecule has 0 aliphatic carbocycles. The van der Waals surface area contributed by atoms with Gasteiger partial charge in [-0.25, -0.2) is 0 Å². The van der Waals surface area contributed by atoms with E-state index in [0.717, 1.165) is 40.8 Å². The molecular formula is C24H25BrO2. The molecule has 0 radical (unpaired) electrons. The molecule has 0 heterocycles. The van der Waals surface area contributed by atoms with E-state index in [4.69, 9.17) is 9.47 Å². The summed E-state index contributed by atoms with van der Waals surface area (Å²) in [6.07, 6.45) is 3.38. The second-order valence-electron chi connectivity index (χ2n) is 6.67. The highest BCUT2D eigenvalue weighted by Gasteiger charge is 2.08. The van der Waals surface area contributed by atoms with Crippen molar-refractivity contribution in [1.29, 1.82) is 0 Å². The lowest BCUT2D eigenvalue weighted by molar-refractivity contribution is 0.206. The standard InChI is InChI=1S/C24H25BrO2/c1-19(9-8-14-20-10-4-2-5-11-20)27-22-15-16-23(25)24(17-22)26-18-21-12-6-3-7-13-21/h2-7,10-13,15-17,19H,8-9,14,18H2,1H3/t19-/m1/s1. The van der Waals surface area contributed by atoms with Crippen LogP contribution in [0.3, 0.4) is 0 Å². The maximum Gasteiger partial charge on any atom is 0.137 e. The Morgan fingerprint density at radius 1 is 0.852 bits per heavy atom. The fourth-order valence-corrected chi connectivity index (χ4v) is 3.29. The monoisotopic (exact) mass is 424 g/mol. The van der Waals surface area contributed by atoms with Crippen molar-refractivity contribution in [3.63, 3.8) is 0 Å². The van der Waals surface area contributed by atoms with Gasteiger partial charge in [0.05, 0.1) is 10.6 Å². The van der Waals surface area contributed by atoms with Crippen LogP contribution in [0.1, 0.15) is 30.9 Å². The predicted octanol–water partition coefficient (Wildman–Crippen LogP) is 6.82. The van der Waals surface area contributed by atoms with Crippen LogP contribution in [0.25, 0.3) is 0 Å². The van der Waals surface area contributed by atoms with Gasteiger partial charge in [-0.3, -0.25) is 0 Å². The molecule has 0 aliphatic heterocycles. The summed E-state index contributed by atoms with van der Waals surface area (Å²) >= 11 is 3.56. The van der Waals surface area contributed by atoms with E-state index in [1.165, 1.54) is 5.56 Å². The minimum Gasteiger partial charge on any atom is -0.491 e. The van der Waals surface area contributed by atoms with E-state index in [1.807, 2.05) is 36.4 Å². The molecule has 27 heavy (non-hydrogen) atoms. The van der Waals surface area contributed by atoms with Crippen LogP contribution in [0.5, 0.6) is 11.5 Å². The molecule has 3 aromatic rings. The Morgan fingerprint density at radius 3 is 2.22 bits per heavy atom. The third-order valence-corrected chi connectivity index (χ3v) is 5.05. The molecule has 3 heteroatoms. The molecule has 3 aromatic carbocycles. The maximum absolute atomic E-state index is 6.10. The van der Waals surface area contributed by atoms with Gasteiger partial charge >= 0.3 is 0 Å². The lowest BCUT2D eigenvalue weighted by Crippen LogP contribution is -2.12. The van der Waals surface area contributed by atoms with Gasteiger partial charge < -0.3 is 9.47 Å². The van der Waals surface area contributed by atoms with Crippen LogP contribution >= 0.6 is 15.9 Å². The average Bonchev–Trinajstić information content (AvgIpc) is 2.70. The molecule has 0 spiro atoms. The largest absolute Gasteiger partial charge is 0.491 e. The van der Waals surface area contributed by atoms with Crippen LogP contribution in [0.2, 0.25) is 0 Å². The highest BCUT2D eigenvalue weighted by Crippen LogP contribution is 2.31. The SMILES string of the molecule is C[C@H](CCCc1ccccc1)Oc1ccc(Br)c(OCc2ccccc2)c1. The summed E-state index contributed by atoms with van der Waals surface area (Å²) in [4.78, 5) is 0. The Bertz CT molecular complexity index is 818. The zero-order chi connectivity index (χ0) is 18.9. The molecule has 0 N–H and O–H groups in total. The van der Waals surface area contributed by atoms with Gasteiger partial charge in [-0.05, 0) is 65.4 Å². The summed E-state index contributed by atoms with van der Waals surface area (Å²) in [5.74, 6) is 1.64. The van der Waals surface area contributed by atoms with E-state index >= 15 is 0 Å². The predicted molar refractivity (Wildman–Crippen MR) is 114 cm³/mol. The molecule has 0 saturated carbocycles. The first-order valence-corrected chi connectivity index (χ1v) is 10.2. The highest BCUT2D eigenvalue weighted by molar-refractivity contribution is 9.10. The quantitative estimate of drug-likeness (QED) is 0.375. The highest BCUT2D eigenvalue weighted by atomic mass is 79.9. The number of hydrogen-bond acceptors (Lipinski definition) is 2. The molecule has 2 nitrogen and oxygen atoms in total. The molecule has 0 aromatic heterocycles. The molecule has 0 bridgehead atoms. The summed E-state index contributed by atoms with van der Waals surface area (Å²) in [5, 5.41) is 0. The molecule has 0 unspecified atom stereocenters. The second-order valence-corrected chi connectivity index (χ2v) is 7.53. The van der Waals surface area contributed by atoms with Gasteiger partial charge in [0.15, 0.2) is 0 Å². The van der Waals surface area contributed by atoms with Gasteiger partial charge in [0.2, 0.25) is 0 Å². The fraction of sp³-hybridized carbons (Fsp3) is 0.250. The lowest BCUT2D eigenvalue weighted by atomic mass is 10.1. The van der Waals surface area contributed by atoms with Crippen LogP contribution in [0.15, 0.2) is 83.3 Å². The van der Waals surface area contributed by atoms with Crippen molar-refractivity contribution in [1.82, 2.24) is 0 Å². The van der Waals surface area contributed by atoms with E-state index in [1.54, 1.807) is 0 Å². The van der Waals surface area contributed by atoms with E-state index in [0.29, 0.717) is 6.61 Å². The Kier molecular flexibility index (Phi) is 7.35. The van der Waals surface area contributed by atoms with Gasteiger partial charge in [-0.15, -0.1) is 0 Å². The Morgan fingerprint density at radius 2 is 1.52 bits per heavy atom. The molecule has 1 atom stereocenters. The van der Waals surface area contributed by atoms with Crippen LogP contribution in [-0.2, 0) is 13.0 Å². The summed E-state index contributed by atoms with van der Waals surface area (Å²) < 4.78 is 13.0. The summed E-state index contributed by atoms with van der Waals surface area (Å²) in [6, 6.07) is 26.7. The van der Waals surface area contributed by atoms with Crippen molar-refractivity contribution >= 4 is 15.9 Å². The van der Waals surface area contributed by atoms with Crippen molar-refractivity contribution in [2.75, 3.05) is 0 Å². The van der Waals surface area contributed by atoms with Gasteiger partial charge in [-0.1, -0.05) is 60.7 Å². The molecule has 0 aliphatic rings. The summed E-state index contributed by atoms with van der Waals surface area (Å²) in [7, 11) is 0. The van der Waals surface area contributed by atoms with E-state index in [2.05, 4.69) is 65.3 Å². The number of aryl methyl sites for hydroxylation is 1. The van der Waals surface area contributed by atoms with Gasteiger partial charge in [0.1, 0.15) is 18.1 Å². The van der Waals surface area contributed by atoms with E-state index in [9.17, 15) is 0 Å². The normalized spacial score (nSPS) is 11.8. The van der Waals surface area contributed by atoms with E-state index < -0.39 is 0 Å². The first-order chi connectivity index (χ1) is 13.2. The Balaban J connectivity index is 1.50. The van der Waals surface area contributed by atoms with Crippen molar-refractivity contribution in [2.45, 2.75) is 38.9 Å². The van der Waals surface area contributed by atoms with Crippen molar-refractivity contribution in [2.24, 2.45) is 0 Å². The van der Waals surface area contributed by atoms with Crippen molar-refractivity contribution < 1.29 is 9.47 Å². The molecule has 0 saturated heterocycles. The first-order valence-electron chi connectivity index (χ1n) is 9.37. The number of ether oxygens (including phenoxy) is 2. The fourth-order valence-electron chi connectivity index (χ4n) is 2.93. The Hall–Kier alpha value is -2.26. The minimum absolute atomic E-state index is 0.164. The molecular weight excluding hydrogens is 400 g/mol. The van der Waals surface area contributed by atoms with Crippen LogP contribution in [-0.4, -0.2) is 6.10 Å². The summed E-state index contributed by atoms with van der Waals surface area (Å²) in [6.45, 7) is 2.66. The number of hydrogen-bond donors (Lipinski definition) is 0. The van der Waals surface area contributed by atoms with Crippen molar-refractivity contribution in [3.05, 3.63) is 94.5 Å². The zero-order valence-electron chi connectivity index (χ0n) is 15.6. The summed E-state index contributed by atoms with van der Waals surface area (Å²) in [5.41, 5.74) is 2.52. The third kappa shape index (κ3) is 6.44. The molecule has 140 valence electrons. The molecule has 0 fully saturated rings. The first kappa shape index (κ1) is 19.5. The minimum atomic E-state index is 0.164. The third-order valence-electron chi connectivity index (χ3n) is 4.40. The average molecular weight is 425 g/mol. The topological polar surface area (TPSA) is 18.5 Å². The maximum atomic E-state index is 6.10. The van der Waals surface area contributed by atoms with E-state index in [-0.39, 0.29) is 6.10 Å². The smallest absolute Gasteiger partial charge is 0.137 e. The number of rotatable bonds is 9. The zero-order valence-corrected chi connectivity index (χ0v) is 17.2. The lowest BCUT2D eigenvalue weighted by Gasteiger charge is -2.16. The van der Waals surface area contributed by atoms with Gasteiger partial charge in [0, 0.05) is 6.07 Å². The second kappa shape index (κ2) is 10.2. The number of halogens is 1. The van der Waals surface area contributed by atoms with Crippen LogP contribution < -0.4 is 9.47 Å². The Labute approximate surface area is 170 Å². The van der Waals surface area contributed by atoms with Gasteiger partial charge in [0.25, 0.3) is 0 Å². The van der Waals surface area contributed by atoms with Crippen LogP contribution in [0.4, 0.5) is 0 Å². The molecule has 3 rings (SSSR count). The van der Waals surface area contributed by atoms with Crippen LogP contribution in [0, 0.1) is 0 Å². The molecule has 0 amide bonds.